The Morgan fingerprint density at radius 2 is 0.435 bits per heavy atom. The fourth-order valence-electron chi connectivity index (χ4n) is 2.62. The van der Waals surface area contributed by atoms with E-state index in [1.807, 2.05) is 0 Å². The zero-order valence-corrected chi connectivity index (χ0v) is 17.4. The van der Waals surface area contributed by atoms with Crippen LogP contribution in [0, 0.1) is 0 Å². The number of hydrogen-bond donors (Lipinski definition) is 0. The van der Waals surface area contributed by atoms with Crippen LogP contribution in [0.5, 0.6) is 0 Å². The Bertz CT molecular complexity index is 133. The van der Waals surface area contributed by atoms with Gasteiger partial charge in [-0.3, -0.25) is 0 Å². The summed E-state index contributed by atoms with van der Waals surface area (Å²) in [5.74, 6) is 0. The summed E-state index contributed by atoms with van der Waals surface area (Å²) in [6, 6.07) is 0. The van der Waals surface area contributed by atoms with Gasteiger partial charge in [-0.2, -0.15) is 0 Å². The van der Waals surface area contributed by atoms with Gasteiger partial charge in [0.25, 0.3) is 0 Å². The average molecular weight is 374 g/mol. The Morgan fingerprint density at radius 3 is 0.565 bits per heavy atom. The predicted molar refractivity (Wildman–Crippen MR) is 99.7 cm³/mol. The first-order chi connectivity index (χ1) is 8.91. The van der Waals surface area contributed by atoms with Gasteiger partial charge < -0.3 is 21.9 Å². The van der Waals surface area contributed by atoms with Gasteiger partial charge in [0, 0.05) is 21.7 Å². The van der Waals surface area contributed by atoms with Gasteiger partial charge >= 0.3 is 0 Å². The van der Waals surface area contributed by atoms with E-state index in [4.69, 9.17) is 0 Å². The van der Waals surface area contributed by atoms with Gasteiger partial charge in [-0.25, -0.2) is 0 Å². The van der Waals surface area contributed by atoms with E-state index in [9.17, 15) is 0 Å². The molecule has 0 unspecified atom stereocenters. The third kappa shape index (κ3) is 39.4. The van der Waals surface area contributed by atoms with Gasteiger partial charge in [-0.15, -0.1) is 0 Å². The van der Waals surface area contributed by atoms with Crippen molar-refractivity contribution >= 4 is 0 Å². The van der Waals surface area contributed by atoms with Gasteiger partial charge in [-0.1, -0.05) is 117 Å². The van der Waals surface area contributed by atoms with Crippen molar-refractivity contribution < 1.29 is 43.6 Å². The number of unbranched alkanes of at least 4 members (excludes halogenated alkanes) is 15. The molecule has 0 fully saturated rings. The Balaban J connectivity index is -0.000000144. The largest absolute Gasteiger partial charge is 0.412 e. The second-order valence-corrected chi connectivity index (χ2v) is 5.95. The number of hydrogen-bond acceptors (Lipinski definition) is 0. The summed E-state index contributed by atoms with van der Waals surface area (Å²) in [5, 5.41) is 0. The van der Waals surface area contributed by atoms with Crippen molar-refractivity contribution in [1.82, 2.24) is 0 Å². The smallest absolute Gasteiger partial charge is 0 e. The first-order valence-electron chi connectivity index (χ1n) is 8.91. The summed E-state index contributed by atoms with van der Waals surface area (Å²) in [4.78, 5) is 0. The fraction of sp³-hybridized carbons (Fsp3) is 1.00. The minimum atomic E-state index is 0. The quantitative estimate of drug-likeness (QED) is 0.304. The Hall–Kier alpha value is 0.554. The van der Waals surface area contributed by atoms with E-state index in [0.717, 1.165) is 0 Å². The van der Waals surface area contributed by atoms with Crippen LogP contribution in [0.25, 0.3) is 0 Å². The van der Waals surface area contributed by atoms with Gasteiger partial charge in [0.2, 0.25) is 0 Å². The van der Waals surface area contributed by atoms with Crippen molar-refractivity contribution in [3.8, 4) is 0 Å². The van der Waals surface area contributed by atoms with Gasteiger partial charge in [0.15, 0.2) is 0 Å². The molecule has 0 aromatic heterocycles. The van der Waals surface area contributed by atoms with E-state index >= 15 is 0 Å². The molecule has 0 aromatic rings. The van der Waals surface area contributed by atoms with Crippen LogP contribution in [0.15, 0.2) is 0 Å². The second-order valence-electron chi connectivity index (χ2n) is 5.95. The van der Waals surface area contributed by atoms with E-state index in [1.54, 1.807) is 0 Å². The molecule has 0 rings (SSSR count). The van der Waals surface area contributed by atoms with E-state index in [-0.39, 0.29) is 43.6 Å². The monoisotopic (exact) mass is 374 g/mol. The topological polar surface area (TPSA) is 126 Å². The summed E-state index contributed by atoms with van der Waals surface area (Å²) in [6.45, 7) is 4.59. The minimum Gasteiger partial charge on any atom is -0.412 e. The SMILES string of the molecule is CCCCCCCCCCCCCCCCCC.O.O.O.O.[Ti]. The summed E-state index contributed by atoms with van der Waals surface area (Å²) >= 11 is 0. The van der Waals surface area contributed by atoms with Crippen molar-refractivity contribution in [2.75, 3.05) is 0 Å². The van der Waals surface area contributed by atoms with Crippen molar-refractivity contribution in [1.29, 1.82) is 0 Å². The summed E-state index contributed by atoms with van der Waals surface area (Å²) in [7, 11) is 0. The molecule has 0 amide bonds. The fourth-order valence-corrected chi connectivity index (χ4v) is 2.62. The van der Waals surface area contributed by atoms with E-state index in [1.165, 1.54) is 103 Å². The molecule has 4 nitrogen and oxygen atoms in total. The Kier molecular flexibility index (Phi) is 64.6. The second kappa shape index (κ2) is 38.2. The maximum Gasteiger partial charge on any atom is 0 e. The molecule has 146 valence electrons. The average Bonchev–Trinajstić information content (AvgIpc) is 2.39. The predicted octanol–water partition coefficient (Wildman–Crippen LogP) is 3.97. The molecular formula is C18H46O4Ti. The summed E-state index contributed by atoms with van der Waals surface area (Å²) in [5.41, 5.74) is 0. The molecule has 8 N–H and O–H groups in total. The Morgan fingerprint density at radius 1 is 0.304 bits per heavy atom. The maximum absolute atomic E-state index is 2.29. The summed E-state index contributed by atoms with van der Waals surface area (Å²) < 4.78 is 0. The molecule has 0 aliphatic rings. The molecule has 0 radical (unpaired) electrons. The van der Waals surface area contributed by atoms with Crippen LogP contribution >= 0.6 is 0 Å². The number of rotatable bonds is 15. The molecule has 0 spiro atoms. The standard InChI is InChI=1S/C18H38.4H2O.Ti/c1-3-5-7-9-11-13-15-17-18-16-14-12-10-8-6-4-2;;;;;/h3-18H2,1-2H3;4*1H2;. The molecule has 0 aromatic carbocycles. The molecule has 0 aliphatic heterocycles. The van der Waals surface area contributed by atoms with Crippen molar-refractivity contribution in [3.63, 3.8) is 0 Å². The maximum atomic E-state index is 2.29. The Labute approximate surface area is 160 Å². The van der Waals surface area contributed by atoms with E-state index in [2.05, 4.69) is 13.8 Å². The molecule has 0 saturated heterocycles. The van der Waals surface area contributed by atoms with Crippen LogP contribution < -0.4 is 0 Å². The molecule has 0 saturated carbocycles. The van der Waals surface area contributed by atoms with Crippen LogP contribution in [0.3, 0.4) is 0 Å². The third-order valence-corrected chi connectivity index (χ3v) is 3.96. The molecule has 0 atom stereocenters. The normalized spacial score (nSPS) is 8.61. The van der Waals surface area contributed by atoms with Gasteiger partial charge in [0.1, 0.15) is 0 Å². The molecular weight excluding hydrogens is 328 g/mol. The van der Waals surface area contributed by atoms with Gasteiger partial charge in [-0.05, 0) is 0 Å². The third-order valence-electron chi connectivity index (χ3n) is 3.96. The molecule has 23 heavy (non-hydrogen) atoms. The van der Waals surface area contributed by atoms with Crippen LogP contribution in [0.4, 0.5) is 0 Å². The first-order valence-corrected chi connectivity index (χ1v) is 8.91. The van der Waals surface area contributed by atoms with Crippen LogP contribution in [0.1, 0.15) is 117 Å². The zero-order valence-electron chi connectivity index (χ0n) is 15.8. The van der Waals surface area contributed by atoms with Crippen LogP contribution in [-0.4, -0.2) is 21.9 Å². The van der Waals surface area contributed by atoms with E-state index < -0.39 is 0 Å². The minimum absolute atomic E-state index is 0. The summed E-state index contributed by atoms with van der Waals surface area (Å²) in [6.07, 6.45) is 23.4. The molecule has 5 heteroatoms. The first kappa shape index (κ1) is 38.9. The van der Waals surface area contributed by atoms with E-state index in [0.29, 0.717) is 0 Å². The van der Waals surface area contributed by atoms with Gasteiger partial charge in [0.05, 0.1) is 0 Å². The van der Waals surface area contributed by atoms with Crippen LogP contribution in [0.2, 0.25) is 0 Å². The van der Waals surface area contributed by atoms with Crippen molar-refractivity contribution in [3.05, 3.63) is 0 Å². The molecule has 0 aliphatic carbocycles. The zero-order chi connectivity index (χ0) is 13.3. The molecule has 0 bridgehead atoms. The molecule has 0 heterocycles. The van der Waals surface area contributed by atoms with Crippen molar-refractivity contribution in [2.24, 2.45) is 0 Å². The van der Waals surface area contributed by atoms with Crippen molar-refractivity contribution in [2.45, 2.75) is 117 Å². The van der Waals surface area contributed by atoms with Crippen LogP contribution in [-0.2, 0) is 21.7 Å².